The van der Waals surface area contributed by atoms with Crippen molar-refractivity contribution in [2.45, 2.75) is 38.1 Å². The second-order valence-electron chi connectivity index (χ2n) is 8.29. The normalized spacial score (nSPS) is 25.8. The van der Waals surface area contributed by atoms with Crippen LogP contribution >= 0.6 is 0 Å². The summed E-state index contributed by atoms with van der Waals surface area (Å²) in [5, 5.41) is 30.0. The van der Waals surface area contributed by atoms with Crippen molar-refractivity contribution in [3.63, 3.8) is 0 Å². The average molecular weight is 412 g/mol. The number of rotatable bonds is 7. The van der Waals surface area contributed by atoms with Crippen molar-refractivity contribution in [3.05, 3.63) is 65.2 Å². The number of aliphatic hydroxyl groups excluding tert-OH is 3. The Morgan fingerprint density at radius 2 is 1.90 bits per heavy atom. The monoisotopic (exact) mass is 412 g/mol. The van der Waals surface area contributed by atoms with Gasteiger partial charge in [0.15, 0.2) is 6.61 Å². The van der Waals surface area contributed by atoms with E-state index in [9.17, 15) is 20.1 Å². The number of fused-ring (bicyclic) bond motifs is 2. The number of benzene rings is 2. The molecule has 0 aliphatic heterocycles. The van der Waals surface area contributed by atoms with Crippen LogP contribution in [0.3, 0.4) is 0 Å². The molecule has 2 aliphatic rings. The maximum absolute atomic E-state index is 12.1. The molecule has 1 fully saturated rings. The number of hydrogen-bond donors (Lipinski definition) is 3. The fourth-order valence-corrected chi connectivity index (χ4v) is 5.04. The van der Waals surface area contributed by atoms with E-state index in [2.05, 4.69) is 0 Å². The Balaban J connectivity index is 1.39. The van der Waals surface area contributed by atoms with Gasteiger partial charge in [0.25, 0.3) is 0 Å². The molecule has 2 aromatic rings. The molecule has 1 unspecified atom stereocenters. The summed E-state index contributed by atoms with van der Waals surface area (Å²) in [6, 6.07) is 15.3. The van der Waals surface area contributed by atoms with Crippen LogP contribution in [0, 0.1) is 17.8 Å². The minimum absolute atomic E-state index is 0.126. The Kier molecular flexibility index (Phi) is 6.37. The van der Waals surface area contributed by atoms with Gasteiger partial charge in [0.2, 0.25) is 0 Å². The number of aliphatic hydroxyl groups is 3. The van der Waals surface area contributed by atoms with Gasteiger partial charge in [0, 0.05) is 5.92 Å². The Bertz CT molecular complexity index is 867. The molecule has 6 nitrogen and oxygen atoms in total. The van der Waals surface area contributed by atoms with E-state index >= 15 is 0 Å². The van der Waals surface area contributed by atoms with E-state index in [1.165, 1.54) is 0 Å². The zero-order chi connectivity index (χ0) is 21.1. The molecule has 160 valence electrons. The molecule has 3 N–H and O–H groups in total. The molecule has 0 radical (unpaired) electrons. The molecule has 0 aromatic heterocycles. The predicted molar refractivity (Wildman–Crippen MR) is 110 cm³/mol. The van der Waals surface area contributed by atoms with Crippen LogP contribution in [0.15, 0.2) is 48.5 Å². The highest BCUT2D eigenvalue weighted by Crippen LogP contribution is 2.47. The molecular weight excluding hydrogens is 384 g/mol. The lowest BCUT2D eigenvalue weighted by Crippen LogP contribution is -2.37. The highest BCUT2D eigenvalue weighted by molar-refractivity contribution is 5.71. The van der Waals surface area contributed by atoms with Gasteiger partial charge in [0.1, 0.15) is 12.4 Å². The summed E-state index contributed by atoms with van der Waals surface area (Å²) in [6.07, 6.45) is 0.512. The van der Waals surface area contributed by atoms with E-state index in [1.54, 1.807) is 0 Å². The number of hydrogen-bond acceptors (Lipinski definition) is 6. The first kappa shape index (κ1) is 20.8. The predicted octanol–water partition coefficient (Wildman–Crippen LogP) is 1.87. The van der Waals surface area contributed by atoms with Gasteiger partial charge in [-0.1, -0.05) is 42.5 Å². The van der Waals surface area contributed by atoms with Gasteiger partial charge in [-0.25, -0.2) is 4.79 Å². The zero-order valence-electron chi connectivity index (χ0n) is 16.8. The van der Waals surface area contributed by atoms with Crippen LogP contribution in [0.2, 0.25) is 0 Å². The Morgan fingerprint density at radius 1 is 1.10 bits per heavy atom. The van der Waals surface area contributed by atoms with Crippen LogP contribution in [-0.2, 0) is 29.0 Å². The van der Waals surface area contributed by atoms with E-state index in [0.29, 0.717) is 18.6 Å². The summed E-state index contributed by atoms with van der Waals surface area (Å²) in [4.78, 5) is 12.1. The first-order valence-electron chi connectivity index (χ1n) is 10.5. The van der Waals surface area contributed by atoms with Crippen molar-refractivity contribution in [1.82, 2.24) is 0 Å². The van der Waals surface area contributed by atoms with Crippen LogP contribution in [0.1, 0.15) is 23.1 Å². The molecule has 4 rings (SSSR count). The molecule has 2 aromatic carbocycles. The third-order valence-corrected chi connectivity index (χ3v) is 6.46. The van der Waals surface area contributed by atoms with Gasteiger partial charge in [0.05, 0.1) is 18.8 Å². The zero-order valence-corrected chi connectivity index (χ0v) is 16.8. The van der Waals surface area contributed by atoms with Crippen molar-refractivity contribution >= 4 is 5.97 Å². The maximum atomic E-state index is 12.1. The minimum Gasteiger partial charge on any atom is -0.482 e. The first-order chi connectivity index (χ1) is 14.6. The van der Waals surface area contributed by atoms with E-state index in [1.807, 2.05) is 48.5 Å². The molecule has 0 amide bonds. The third-order valence-electron chi connectivity index (χ3n) is 6.46. The van der Waals surface area contributed by atoms with Gasteiger partial charge in [-0.15, -0.1) is 0 Å². The molecule has 0 saturated heterocycles. The lowest BCUT2D eigenvalue weighted by molar-refractivity contribution is -0.147. The average Bonchev–Trinajstić information content (AvgIpc) is 3.09. The maximum Gasteiger partial charge on any atom is 0.344 e. The number of esters is 1. The summed E-state index contributed by atoms with van der Waals surface area (Å²) in [7, 11) is 0. The number of ether oxygens (including phenoxy) is 2. The molecule has 0 bridgehead atoms. The van der Waals surface area contributed by atoms with E-state index in [4.69, 9.17) is 9.47 Å². The third kappa shape index (κ3) is 4.36. The van der Waals surface area contributed by atoms with E-state index < -0.39 is 18.2 Å². The van der Waals surface area contributed by atoms with Crippen LogP contribution < -0.4 is 4.74 Å². The highest BCUT2D eigenvalue weighted by atomic mass is 16.6. The van der Waals surface area contributed by atoms with Gasteiger partial charge in [-0.2, -0.15) is 0 Å². The fraction of sp³-hybridized carbons (Fsp3) is 0.458. The largest absolute Gasteiger partial charge is 0.482 e. The second kappa shape index (κ2) is 9.16. The Hall–Kier alpha value is -2.41. The van der Waals surface area contributed by atoms with Crippen molar-refractivity contribution in [2.24, 2.45) is 17.8 Å². The van der Waals surface area contributed by atoms with Crippen LogP contribution in [0.25, 0.3) is 0 Å². The Labute approximate surface area is 176 Å². The van der Waals surface area contributed by atoms with Crippen LogP contribution in [-0.4, -0.2) is 46.7 Å². The standard InChI is InChI=1S/C24H28O6/c25-12-21(27)24-19-9-16-7-4-8-22(18(16)10-17(19)11-20(24)26)29-14-23(28)30-13-15-5-2-1-3-6-15/h1-8,17,19-21,24-27H,9-14H2/t17-,19-,20+,21?,24+/m0/s1. The topological polar surface area (TPSA) is 96.2 Å². The summed E-state index contributed by atoms with van der Waals surface area (Å²) in [5.74, 6) is 0.274. The minimum atomic E-state index is -0.907. The highest BCUT2D eigenvalue weighted by Gasteiger charge is 2.47. The molecule has 6 heteroatoms. The quantitative estimate of drug-likeness (QED) is 0.601. The Morgan fingerprint density at radius 3 is 2.67 bits per heavy atom. The van der Waals surface area contributed by atoms with Crippen molar-refractivity contribution in [3.8, 4) is 5.75 Å². The molecule has 30 heavy (non-hydrogen) atoms. The molecule has 0 heterocycles. The summed E-state index contributed by atoms with van der Waals surface area (Å²) in [6.45, 7) is -0.288. The van der Waals surface area contributed by atoms with Crippen LogP contribution in [0.5, 0.6) is 5.75 Å². The van der Waals surface area contributed by atoms with E-state index in [0.717, 1.165) is 23.1 Å². The van der Waals surface area contributed by atoms with Gasteiger partial charge in [-0.05, 0) is 53.9 Å². The first-order valence-corrected chi connectivity index (χ1v) is 10.5. The van der Waals surface area contributed by atoms with Gasteiger partial charge in [-0.3, -0.25) is 0 Å². The molecular formula is C24H28O6. The van der Waals surface area contributed by atoms with E-state index in [-0.39, 0.29) is 37.6 Å². The summed E-state index contributed by atoms with van der Waals surface area (Å²) in [5.41, 5.74) is 3.09. The second-order valence-corrected chi connectivity index (χ2v) is 8.29. The fourth-order valence-electron chi connectivity index (χ4n) is 5.04. The van der Waals surface area contributed by atoms with Gasteiger partial charge >= 0.3 is 5.97 Å². The number of carbonyl (C=O) groups excluding carboxylic acids is 1. The molecule has 2 aliphatic carbocycles. The lowest BCUT2D eigenvalue weighted by atomic mass is 9.73. The van der Waals surface area contributed by atoms with Crippen LogP contribution in [0.4, 0.5) is 0 Å². The van der Waals surface area contributed by atoms with Crippen molar-refractivity contribution in [2.75, 3.05) is 13.2 Å². The van der Waals surface area contributed by atoms with Gasteiger partial charge < -0.3 is 24.8 Å². The SMILES string of the molecule is O=C(COc1cccc2c1C[C@H]1C[C@@H](O)[C@H](C(O)CO)[C@H]1C2)OCc1ccccc1. The lowest BCUT2D eigenvalue weighted by Gasteiger charge is -2.33. The molecule has 0 spiro atoms. The summed E-state index contributed by atoms with van der Waals surface area (Å²) < 4.78 is 11.1. The number of carbonyl (C=O) groups is 1. The molecule has 1 saturated carbocycles. The molecule has 5 atom stereocenters. The van der Waals surface area contributed by atoms with Crippen molar-refractivity contribution < 1.29 is 29.6 Å². The summed E-state index contributed by atoms with van der Waals surface area (Å²) >= 11 is 0. The van der Waals surface area contributed by atoms with Crippen molar-refractivity contribution in [1.29, 1.82) is 0 Å². The smallest absolute Gasteiger partial charge is 0.344 e.